The zero-order chi connectivity index (χ0) is 14.3. The number of nitrogens with zero attached hydrogens (tertiary/aromatic N) is 2. The first-order valence-electron chi connectivity index (χ1n) is 5.94. The second-order valence-corrected chi connectivity index (χ2v) is 4.57. The van der Waals surface area contributed by atoms with Crippen LogP contribution in [0.4, 0.5) is 4.39 Å². The SMILES string of the molecule is N#CC(C#N)=C1CC(=O)c2cc3ccc(F)cc3cc21. The zero-order valence-corrected chi connectivity index (χ0v) is 10.3. The van der Waals surface area contributed by atoms with E-state index in [1.807, 2.05) is 0 Å². The lowest BCUT2D eigenvalue weighted by molar-refractivity contribution is 0.100. The number of allylic oxidation sites excluding steroid dienone is 2. The predicted octanol–water partition coefficient (Wildman–Crippen LogP) is 3.37. The lowest BCUT2D eigenvalue weighted by atomic mass is 9.99. The molecule has 0 fully saturated rings. The number of halogens is 1. The van der Waals surface area contributed by atoms with E-state index in [-0.39, 0.29) is 23.6 Å². The molecular formula is C16H7FN2O. The van der Waals surface area contributed by atoms with Gasteiger partial charge in [-0.25, -0.2) is 4.39 Å². The molecule has 0 unspecified atom stereocenters. The van der Waals surface area contributed by atoms with E-state index < -0.39 is 0 Å². The van der Waals surface area contributed by atoms with Crippen molar-refractivity contribution in [3.63, 3.8) is 0 Å². The van der Waals surface area contributed by atoms with Crippen molar-refractivity contribution in [2.45, 2.75) is 6.42 Å². The van der Waals surface area contributed by atoms with Gasteiger partial charge < -0.3 is 0 Å². The van der Waals surface area contributed by atoms with Crippen LogP contribution in [-0.2, 0) is 0 Å². The molecule has 0 spiro atoms. The summed E-state index contributed by atoms with van der Waals surface area (Å²) in [6.07, 6.45) is 0.0462. The van der Waals surface area contributed by atoms with Gasteiger partial charge in [-0.3, -0.25) is 4.79 Å². The van der Waals surface area contributed by atoms with Gasteiger partial charge in [0.1, 0.15) is 23.5 Å². The van der Waals surface area contributed by atoms with Crippen molar-refractivity contribution in [1.29, 1.82) is 10.5 Å². The van der Waals surface area contributed by atoms with Crippen LogP contribution in [0.3, 0.4) is 0 Å². The second-order valence-electron chi connectivity index (χ2n) is 4.57. The Morgan fingerprint density at radius 3 is 2.45 bits per heavy atom. The van der Waals surface area contributed by atoms with E-state index in [9.17, 15) is 9.18 Å². The normalized spacial score (nSPS) is 12.9. The Bertz CT molecular complexity index is 866. The summed E-state index contributed by atoms with van der Waals surface area (Å²) < 4.78 is 13.3. The molecular weight excluding hydrogens is 255 g/mol. The molecule has 2 aromatic rings. The smallest absolute Gasteiger partial charge is 0.167 e. The molecule has 0 saturated carbocycles. The topological polar surface area (TPSA) is 64.7 Å². The summed E-state index contributed by atoms with van der Waals surface area (Å²) in [5, 5.41) is 19.3. The third-order valence-corrected chi connectivity index (χ3v) is 3.43. The predicted molar refractivity (Wildman–Crippen MR) is 71.0 cm³/mol. The van der Waals surface area contributed by atoms with Crippen LogP contribution in [0.5, 0.6) is 0 Å². The van der Waals surface area contributed by atoms with Crippen molar-refractivity contribution in [2.24, 2.45) is 0 Å². The molecule has 0 atom stereocenters. The maximum Gasteiger partial charge on any atom is 0.167 e. The highest BCUT2D eigenvalue weighted by Gasteiger charge is 2.27. The van der Waals surface area contributed by atoms with Gasteiger partial charge in [0, 0.05) is 12.0 Å². The van der Waals surface area contributed by atoms with Gasteiger partial charge in [0.15, 0.2) is 5.78 Å². The Balaban J connectivity index is 2.37. The molecule has 0 N–H and O–H groups in total. The molecule has 1 aliphatic rings. The first-order valence-corrected chi connectivity index (χ1v) is 5.94. The molecule has 2 aromatic carbocycles. The lowest BCUT2D eigenvalue weighted by Crippen LogP contribution is -1.91. The number of fused-ring (bicyclic) bond motifs is 2. The minimum Gasteiger partial charge on any atom is -0.294 e. The molecule has 0 heterocycles. The van der Waals surface area contributed by atoms with E-state index in [2.05, 4.69) is 0 Å². The molecule has 94 valence electrons. The molecule has 0 aliphatic heterocycles. The van der Waals surface area contributed by atoms with Crippen LogP contribution in [-0.4, -0.2) is 5.78 Å². The third kappa shape index (κ3) is 1.67. The minimum absolute atomic E-state index is 0.0462. The molecule has 4 heteroatoms. The lowest BCUT2D eigenvalue weighted by Gasteiger charge is -2.04. The Hall–Kier alpha value is -2.98. The number of benzene rings is 2. The molecule has 3 nitrogen and oxygen atoms in total. The van der Waals surface area contributed by atoms with Gasteiger partial charge in [0.05, 0.1) is 0 Å². The van der Waals surface area contributed by atoms with Crippen LogP contribution in [0.1, 0.15) is 22.3 Å². The van der Waals surface area contributed by atoms with Crippen LogP contribution in [0.15, 0.2) is 35.9 Å². The first-order chi connectivity index (χ1) is 9.63. The summed E-state index contributed by atoms with van der Waals surface area (Å²) in [6, 6.07) is 11.3. The molecule has 0 saturated heterocycles. The molecule has 0 radical (unpaired) electrons. The molecule has 20 heavy (non-hydrogen) atoms. The Morgan fingerprint density at radius 2 is 1.75 bits per heavy atom. The minimum atomic E-state index is -0.368. The van der Waals surface area contributed by atoms with Crippen molar-refractivity contribution >= 4 is 22.1 Å². The number of ketones is 1. The van der Waals surface area contributed by atoms with E-state index in [0.29, 0.717) is 22.1 Å². The van der Waals surface area contributed by atoms with Crippen LogP contribution in [0, 0.1) is 28.5 Å². The van der Waals surface area contributed by atoms with Crippen molar-refractivity contribution in [3.8, 4) is 12.1 Å². The van der Waals surface area contributed by atoms with Gasteiger partial charge in [-0.05, 0) is 46.2 Å². The highest BCUT2D eigenvalue weighted by Crippen LogP contribution is 2.37. The summed E-state index contributed by atoms with van der Waals surface area (Å²) >= 11 is 0. The summed E-state index contributed by atoms with van der Waals surface area (Å²) in [6.45, 7) is 0. The maximum absolute atomic E-state index is 13.3. The zero-order valence-electron chi connectivity index (χ0n) is 10.3. The molecule has 0 bridgehead atoms. The Kier molecular flexibility index (Phi) is 2.59. The van der Waals surface area contributed by atoms with Crippen LogP contribution < -0.4 is 0 Å². The van der Waals surface area contributed by atoms with Crippen molar-refractivity contribution in [3.05, 3.63) is 52.8 Å². The average molecular weight is 262 g/mol. The van der Waals surface area contributed by atoms with Crippen molar-refractivity contribution in [1.82, 2.24) is 0 Å². The quantitative estimate of drug-likeness (QED) is 0.684. The molecule has 1 aliphatic carbocycles. The number of carbonyl (C=O) groups excluding carboxylic acids is 1. The second kappa shape index (κ2) is 4.29. The summed E-state index contributed by atoms with van der Waals surface area (Å²) in [7, 11) is 0. The average Bonchev–Trinajstić information content (AvgIpc) is 2.75. The highest BCUT2D eigenvalue weighted by atomic mass is 19.1. The fraction of sp³-hybridized carbons (Fsp3) is 0.0625. The molecule has 0 amide bonds. The van der Waals surface area contributed by atoms with Gasteiger partial charge in [-0.15, -0.1) is 0 Å². The van der Waals surface area contributed by atoms with Crippen molar-refractivity contribution in [2.75, 3.05) is 0 Å². The standard InChI is InChI=1S/C16H7FN2O/c17-12-2-1-9-4-15-14(5-10(9)3-12)13(6-16(15)20)11(7-18)8-19/h1-5H,6H2. The van der Waals surface area contributed by atoms with Gasteiger partial charge in [0.2, 0.25) is 0 Å². The summed E-state index contributed by atoms with van der Waals surface area (Å²) in [5.74, 6) is -0.489. The Morgan fingerprint density at radius 1 is 1.05 bits per heavy atom. The van der Waals surface area contributed by atoms with Gasteiger partial charge >= 0.3 is 0 Å². The number of nitriles is 2. The fourth-order valence-corrected chi connectivity index (χ4v) is 2.48. The van der Waals surface area contributed by atoms with Crippen LogP contribution in [0.25, 0.3) is 16.3 Å². The van der Waals surface area contributed by atoms with E-state index in [4.69, 9.17) is 10.5 Å². The van der Waals surface area contributed by atoms with E-state index >= 15 is 0 Å². The molecule has 0 aromatic heterocycles. The van der Waals surface area contributed by atoms with Crippen molar-refractivity contribution < 1.29 is 9.18 Å². The number of hydrogen-bond donors (Lipinski definition) is 0. The van der Waals surface area contributed by atoms with E-state index in [1.165, 1.54) is 12.1 Å². The number of Topliss-reactive ketones (excluding diaryl/α,β-unsaturated/α-hetero) is 1. The van der Waals surface area contributed by atoms with Gasteiger partial charge in [0.25, 0.3) is 0 Å². The first kappa shape index (κ1) is 12.1. The third-order valence-electron chi connectivity index (χ3n) is 3.43. The summed E-state index contributed by atoms with van der Waals surface area (Å²) in [5.41, 5.74) is 1.42. The monoisotopic (exact) mass is 262 g/mol. The highest BCUT2D eigenvalue weighted by molar-refractivity contribution is 6.15. The maximum atomic E-state index is 13.3. The largest absolute Gasteiger partial charge is 0.294 e. The van der Waals surface area contributed by atoms with E-state index in [0.717, 1.165) is 5.39 Å². The number of rotatable bonds is 0. The van der Waals surface area contributed by atoms with E-state index in [1.54, 1.807) is 30.3 Å². The molecule has 3 rings (SSSR count). The number of carbonyl (C=O) groups is 1. The fourth-order valence-electron chi connectivity index (χ4n) is 2.48. The number of hydrogen-bond acceptors (Lipinski definition) is 3. The van der Waals surface area contributed by atoms with Crippen LogP contribution in [0.2, 0.25) is 0 Å². The van der Waals surface area contributed by atoms with Gasteiger partial charge in [-0.2, -0.15) is 10.5 Å². The Labute approximate surface area is 114 Å². The van der Waals surface area contributed by atoms with Gasteiger partial charge in [-0.1, -0.05) is 6.07 Å². The van der Waals surface area contributed by atoms with Crippen LogP contribution >= 0.6 is 0 Å². The summed E-state index contributed by atoms with van der Waals surface area (Å²) in [4.78, 5) is 12.0.